The Hall–Kier alpha value is -0.550. The molecule has 13 heavy (non-hydrogen) atoms. The molecule has 0 bridgehead atoms. The molecular formula is C11H20N2. The van der Waals surface area contributed by atoms with Crippen LogP contribution in [0.2, 0.25) is 0 Å². The molecule has 0 spiro atoms. The largest absolute Gasteiger partial charge is 0.302 e. The molecule has 0 aromatic carbocycles. The van der Waals surface area contributed by atoms with Crippen LogP contribution in [0.4, 0.5) is 0 Å². The van der Waals surface area contributed by atoms with Crippen LogP contribution in [0.15, 0.2) is 0 Å². The highest BCUT2D eigenvalue weighted by atomic mass is 15.1. The number of hydrogen-bond acceptors (Lipinski definition) is 2. The van der Waals surface area contributed by atoms with Crippen molar-refractivity contribution in [2.75, 3.05) is 19.6 Å². The van der Waals surface area contributed by atoms with Crippen molar-refractivity contribution in [2.24, 2.45) is 11.3 Å². The van der Waals surface area contributed by atoms with Gasteiger partial charge in [-0.15, -0.1) is 0 Å². The molecule has 1 unspecified atom stereocenters. The average molecular weight is 180 g/mol. The van der Waals surface area contributed by atoms with Gasteiger partial charge in [0.15, 0.2) is 0 Å². The Kier molecular flexibility index (Phi) is 3.33. The van der Waals surface area contributed by atoms with Crippen molar-refractivity contribution < 1.29 is 0 Å². The van der Waals surface area contributed by atoms with Gasteiger partial charge in [-0.1, -0.05) is 13.8 Å². The van der Waals surface area contributed by atoms with Crippen molar-refractivity contribution in [3.8, 4) is 6.07 Å². The molecule has 0 aromatic heterocycles. The first kappa shape index (κ1) is 10.5. The van der Waals surface area contributed by atoms with E-state index in [0.29, 0.717) is 5.92 Å². The van der Waals surface area contributed by atoms with Crippen LogP contribution in [0.25, 0.3) is 0 Å². The molecule has 0 aromatic rings. The lowest BCUT2D eigenvalue weighted by Gasteiger charge is -2.36. The maximum absolute atomic E-state index is 9.03. The summed E-state index contributed by atoms with van der Waals surface area (Å²) in [7, 11) is 0. The van der Waals surface area contributed by atoms with Crippen LogP contribution in [0, 0.1) is 22.7 Å². The summed E-state index contributed by atoms with van der Waals surface area (Å²) >= 11 is 0. The highest BCUT2D eigenvalue weighted by Crippen LogP contribution is 2.28. The third kappa shape index (κ3) is 3.00. The molecule has 1 rings (SSSR count). The van der Waals surface area contributed by atoms with E-state index in [1.807, 2.05) is 0 Å². The molecule has 0 N–H and O–H groups in total. The molecule has 1 heterocycles. The fourth-order valence-corrected chi connectivity index (χ4v) is 2.11. The molecule has 2 heteroatoms. The minimum atomic E-state index is -0.0901. The molecule has 0 aliphatic carbocycles. The van der Waals surface area contributed by atoms with Crippen LogP contribution in [-0.2, 0) is 0 Å². The highest BCUT2D eigenvalue weighted by molar-refractivity contribution is 4.99. The van der Waals surface area contributed by atoms with Crippen LogP contribution < -0.4 is 0 Å². The standard InChI is InChI=1S/C11H20N2/c1-10(2)7-13-6-4-5-11(3,8-12)9-13/h10H,4-7,9H2,1-3H3. The second-order valence-corrected chi connectivity index (χ2v) is 4.90. The maximum atomic E-state index is 9.03. The average Bonchev–Trinajstić information content (AvgIpc) is 2.03. The summed E-state index contributed by atoms with van der Waals surface area (Å²) in [4.78, 5) is 2.43. The Bertz CT molecular complexity index is 205. The Morgan fingerprint density at radius 3 is 2.77 bits per heavy atom. The topological polar surface area (TPSA) is 27.0 Å². The van der Waals surface area contributed by atoms with Gasteiger partial charge in [-0.3, -0.25) is 0 Å². The minimum Gasteiger partial charge on any atom is -0.302 e. The lowest BCUT2D eigenvalue weighted by Crippen LogP contribution is -2.42. The summed E-state index contributed by atoms with van der Waals surface area (Å²) in [5.41, 5.74) is -0.0901. The third-order valence-electron chi connectivity index (χ3n) is 2.67. The Balaban J connectivity index is 2.48. The molecule has 0 amide bonds. The smallest absolute Gasteiger partial charge is 0.0700 e. The molecule has 1 saturated heterocycles. The van der Waals surface area contributed by atoms with Crippen molar-refractivity contribution >= 4 is 0 Å². The summed E-state index contributed by atoms with van der Waals surface area (Å²) < 4.78 is 0. The second-order valence-electron chi connectivity index (χ2n) is 4.90. The van der Waals surface area contributed by atoms with Gasteiger partial charge < -0.3 is 4.90 Å². The van der Waals surface area contributed by atoms with Gasteiger partial charge >= 0.3 is 0 Å². The quantitative estimate of drug-likeness (QED) is 0.652. The van der Waals surface area contributed by atoms with Gasteiger partial charge in [-0.25, -0.2) is 0 Å². The summed E-state index contributed by atoms with van der Waals surface area (Å²) in [6.07, 6.45) is 2.24. The van der Waals surface area contributed by atoms with Crippen molar-refractivity contribution in [3.05, 3.63) is 0 Å². The molecule has 1 atom stereocenters. The van der Waals surface area contributed by atoms with Crippen LogP contribution >= 0.6 is 0 Å². The number of rotatable bonds is 2. The maximum Gasteiger partial charge on any atom is 0.0700 e. The van der Waals surface area contributed by atoms with E-state index < -0.39 is 0 Å². The SMILES string of the molecule is CC(C)CN1CCCC(C)(C#N)C1. The molecule has 2 nitrogen and oxygen atoms in total. The molecule has 1 fully saturated rings. The zero-order valence-electron chi connectivity index (χ0n) is 9.01. The first-order valence-corrected chi connectivity index (χ1v) is 5.19. The van der Waals surface area contributed by atoms with Gasteiger partial charge in [0, 0.05) is 13.1 Å². The van der Waals surface area contributed by atoms with Gasteiger partial charge in [0.05, 0.1) is 11.5 Å². The normalized spacial score (nSPS) is 30.4. The molecule has 74 valence electrons. The first-order chi connectivity index (χ1) is 6.06. The van der Waals surface area contributed by atoms with Crippen LogP contribution in [0.3, 0.4) is 0 Å². The fourth-order valence-electron chi connectivity index (χ4n) is 2.11. The lowest BCUT2D eigenvalue weighted by molar-refractivity contribution is 0.130. The molecule has 1 aliphatic rings. The van der Waals surface area contributed by atoms with Gasteiger partial charge in [0.2, 0.25) is 0 Å². The number of nitrogens with zero attached hydrogens (tertiary/aromatic N) is 2. The molecular weight excluding hydrogens is 160 g/mol. The summed E-state index contributed by atoms with van der Waals surface area (Å²) in [5, 5.41) is 9.03. The third-order valence-corrected chi connectivity index (χ3v) is 2.67. The van der Waals surface area contributed by atoms with Gasteiger partial charge in [0.25, 0.3) is 0 Å². The van der Waals surface area contributed by atoms with Crippen molar-refractivity contribution in [1.29, 1.82) is 5.26 Å². The van der Waals surface area contributed by atoms with E-state index in [9.17, 15) is 0 Å². The van der Waals surface area contributed by atoms with Gasteiger partial charge in [-0.2, -0.15) is 5.26 Å². The summed E-state index contributed by atoms with van der Waals surface area (Å²) in [6.45, 7) is 9.82. The highest BCUT2D eigenvalue weighted by Gasteiger charge is 2.30. The molecule has 1 aliphatic heterocycles. The van der Waals surface area contributed by atoms with Gasteiger partial charge in [0.1, 0.15) is 0 Å². The zero-order valence-corrected chi connectivity index (χ0v) is 9.01. The molecule has 0 saturated carbocycles. The predicted octanol–water partition coefficient (Wildman–Crippen LogP) is 2.27. The van der Waals surface area contributed by atoms with E-state index >= 15 is 0 Å². The van der Waals surface area contributed by atoms with E-state index in [-0.39, 0.29) is 5.41 Å². The second kappa shape index (κ2) is 4.11. The fraction of sp³-hybridized carbons (Fsp3) is 0.909. The van der Waals surface area contributed by atoms with Crippen molar-refractivity contribution in [1.82, 2.24) is 4.90 Å². The van der Waals surface area contributed by atoms with E-state index in [4.69, 9.17) is 5.26 Å². The van der Waals surface area contributed by atoms with Crippen molar-refractivity contribution in [3.63, 3.8) is 0 Å². The predicted molar refractivity (Wildman–Crippen MR) is 54.2 cm³/mol. The van der Waals surface area contributed by atoms with E-state index in [0.717, 1.165) is 19.5 Å². The Morgan fingerprint density at radius 1 is 1.54 bits per heavy atom. The minimum absolute atomic E-state index is 0.0901. The van der Waals surface area contributed by atoms with E-state index in [1.165, 1.54) is 13.0 Å². The molecule has 0 radical (unpaired) electrons. The Labute approximate surface area is 81.5 Å². The Morgan fingerprint density at radius 2 is 2.23 bits per heavy atom. The van der Waals surface area contributed by atoms with E-state index in [2.05, 4.69) is 31.7 Å². The van der Waals surface area contributed by atoms with Crippen LogP contribution in [0.1, 0.15) is 33.6 Å². The number of likely N-dealkylation sites (tertiary alicyclic amines) is 1. The van der Waals surface area contributed by atoms with Crippen LogP contribution in [-0.4, -0.2) is 24.5 Å². The van der Waals surface area contributed by atoms with E-state index in [1.54, 1.807) is 0 Å². The first-order valence-electron chi connectivity index (χ1n) is 5.19. The lowest BCUT2D eigenvalue weighted by atomic mass is 9.83. The number of piperidine rings is 1. The summed E-state index contributed by atoms with van der Waals surface area (Å²) in [5.74, 6) is 0.709. The van der Waals surface area contributed by atoms with Gasteiger partial charge in [-0.05, 0) is 32.2 Å². The zero-order chi connectivity index (χ0) is 9.90. The summed E-state index contributed by atoms with van der Waals surface area (Å²) in [6, 6.07) is 2.44. The van der Waals surface area contributed by atoms with Crippen molar-refractivity contribution in [2.45, 2.75) is 33.6 Å². The monoisotopic (exact) mass is 180 g/mol. The van der Waals surface area contributed by atoms with Crippen LogP contribution in [0.5, 0.6) is 0 Å². The number of nitriles is 1. The number of hydrogen-bond donors (Lipinski definition) is 0.